The minimum Gasteiger partial charge on any atom is -0.421 e. The van der Waals surface area contributed by atoms with Gasteiger partial charge in [-0.1, -0.05) is 6.07 Å². The van der Waals surface area contributed by atoms with Gasteiger partial charge in [-0.2, -0.15) is 0 Å². The summed E-state index contributed by atoms with van der Waals surface area (Å²) in [5.41, 5.74) is 7.29. The van der Waals surface area contributed by atoms with E-state index in [2.05, 4.69) is 15.2 Å². The van der Waals surface area contributed by atoms with Crippen molar-refractivity contribution in [1.82, 2.24) is 15.2 Å². The van der Waals surface area contributed by atoms with Gasteiger partial charge in [0, 0.05) is 30.1 Å². The normalized spacial score (nSPS) is 10.9. The lowest BCUT2D eigenvalue weighted by molar-refractivity contribution is 0.507. The van der Waals surface area contributed by atoms with Crippen LogP contribution in [0.5, 0.6) is 0 Å². The zero-order valence-corrected chi connectivity index (χ0v) is 9.71. The van der Waals surface area contributed by atoms with E-state index in [1.54, 1.807) is 6.20 Å². The summed E-state index contributed by atoms with van der Waals surface area (Å²) in [6.07, 6.45) is 2.37. The fourth-order valence-electron chi connectivity index (χ4n) is 1.80. The van der Waals surface area contributed by atoms with Gasteiger partial charge in [0.05, 0.1) is 5.52 Å². The van der Waals surface area contributed by atoms with Crippen LogP contribution in [0.25, 0.3) is 22.4 Å². The van der Waals surface area contributed by atoms with E-state index in [4.69, 9.17) is 10.2 Å². The third kappa shape index (κ3) is 1.96. The van der Waals surface area contributed by atoms with E-state index in [-0.39, 0.29) is 0 Å². The number of aromatic nitrogens is 3. The number of nitrogens with zero attached hydrogens (tertiary/aromatic N) is 3. The summed E-state index contributed by atoms with van der Waals surface area (Å²) in [5.74, 6) is 1.09. The Kier molecular flexibility index (Phi) is 2.74. The smallest absolute Gasteiger partial charge is 0.247 e. The molecule has 3 aromatic rings. The molecule has 5 nitrogen and oxygen atoms in total. The minimum atomic E-state index is 0.503. The molecule has 2 N–H and O–H groups in total. The third-order valence-electron chi connectivity index (χ3n) is 2.68. The van der Waals surface area contributed by atoms with Crippen LogP contribution in [0, 0.1) is 0 Å². The number of nitrogens with two attached hydrogens (primary N) is 1. The van der Waals surface area contributed by atoms with E-state index in [0.29, 0.717) is 24.7 Å². The molecule has 0 saturated carbocycles. The highest BCUT2D eigenvalue weighted by atomic mass is 16.4. The standard InChI is InChI=1S/C13H12N4O/c14-6-5-12-16-17-13(18-12)10-3-4-11-9(8-10)2-1-7-15-11/h1-4,7-8H,5-6,14H2. The summed E-state index contributed by atoms with van der Waals surface area (Å²) in [6, 6.07) is 9.76. The van der Waals surface area contributed by atoms with E-state index >= 15 is 0 Å². The molecule has 0 saturated heterocycles. The maximum atomic E-state index is 5.54. The number of rotatable bonds is 3. The fourth-order valence-corrected chi connectivity index (χ4v) is 1.80. The van der Waals surface area contributed by atoms with Gasteiger partial charge in [-0.05, 0) is 24.3 Å². The first-order chi connectivity index (χ1) is 8.86. The zero-order valence-electron chi connectivity index (χ0n) is 9.71. The molecular formula is C13H12N4O. The molecule has 0 fully saturated rings. The summed E-state index contributed by atoms with van der Waals surface area (Å²) in [4.78, 5) is 4.27. The summed E-state index contributed by atoms with van der Waals surface area (Å²) < 4.78 is 5.54. The predicted molar refractivity (Wildman–Crippen MR) is 67.8 cm³/mol. The molecule has 0 radical (unpaired) electrons. The number of benzene rings is 1. The molecule has 0 amide bonds. The Morgan fingerprint density at radius 1 is 1.17 bits per heavy atom. The molecule has 2 aromatic heterocycles. The van der Waals surface area contributed by atoms with E-state index in [1.807, 2.05) is 30.3 Å². The molecule has 0 aliphatic rings. The van der Waals surface area contributed by atoms with Crippen molar-refractivity contribution in [3.05, 3.63) is 42.4 Å². The number of hydrogen-bond acceptors (Lipinski definition) is 5. The van der Waals surface area contributed by atoms with Crippen LogP contribution < -0.4 is 5.73 Å². The molecule has 90 valence electrons. The van der Waals surface area contributed by atoms with Crippen molar-refractivity contribution >= 4 is 10.9 Å². The second-order valence-electron chi connectivity index (χ2n) is 3.95. The molecule has 0 aliphatic carbocycles. The van der Waals surface area contributed by atoms with E-state index in [1.165, 1.54) is 0 Å². The highest BCUT2D eigenvalue weighted by molar-refractivity contribution is 5.82. The summed E-state index contributed by atoms with van der Waals surface area (Å²) >= 11 is 0. The van der Waals surface area contributed by atoms with Crippen molar-refractivity contribution in [3.63, 3.8) is 0 Å². The largest absolute Gasteiger partial charge is 0.421 e. The molecule has 2 heterocycles. The molecule has 1 aromatic carbocycles. The topological polar surface area (TPSA) is 77.8 Å². The molecule has 0 bridgehead atoms. The van der Waals surface area contributed by atoms with Crippen molar-refractivity contribution in [2.75, 3.05) is 6.54 Å². The lowest BCUT2D eigenvalue weighted by atomic mass is 10.1. The third-order valence-corrected chi connectivity index (χ3v) is 2.68. The van der Waals surface area contributed by atoms with Crippen LogP contribution in [-0.4, -0.2) is 21.7 Å². The Bertz CT molecular complexity index is 677. The van der Waals surface area contributed by atoms with E-state index in [0.717, 1.165) is 16.5 Å². The molecule has 3 rings (SSSR count). The second-order valence-corrected chi connectivity index (χ2v) is 3.95. The van der Waals surface area contributed by atoms with Gasteiger partial charge in [0.25, 0.3) is 0 Å². The maximum absolute atomic E-state index is 5.54. The van der Waals surface area contributed by atoms with Gasteiger partial charge in [0.2, 0.25) is 11.8 Å². The summed E-state index contributed by atoms with van der Waals surface area (Å²) in [7, 11) is 0. The first-order valence-corrected chi connectivity index (χ1v) is 5.74. The van der Waals surface area contributed by atoms with Gasteiger partial charge < -0.3 is 10.2 Å². The Morgan fingerprint density at radius 3 is 3.00 bits per heavy atom. The monoisotopic (exact) mass is 240 g/mol. The molecule has 0 aliphatic heterocycles. The minimum absolute atomic E-state index is 0.503. The van der Waals surface area contributed by atoms with Crippen molar-refractivity contribution in [2.45, 2.75) is 6.42 Å². The Balaban J connectivity index is 2.02. The summed E-state index contributed by atoms with van der Waals surface area (Å²) in [5, 5.41) is 9.02. The molecule has 0 spiro atoms. The Labute approximate surface area is 104 Å². The van der Waals surface area contributed by atoms with Crippen LogP contribution in [0.1, 0.15) is 5.89 Å². The van der Waals surface area contributed by atoms with Crippen molar-refractivity contribution in [2.24, 2.45) is 5.73 Å². The predicted octanol–water partition coefficient (Wildman–Crippen LogP) is 1.79. The van der Waals surface area contributed by atoms with Gasteiger partial charge >= 0.3 is 0 Å². The van der Waals surface area contributed by atoms with Crippen molar-refractivity contribution in [1.29, 1.82) is 0 Å². The van der Waals surface area contributed by atoms with Crippen LogP contribution in [0.15, 0.2) is 40.9 Å². The first-order valence-electron chi connectivity index (χ1n) is 5.74. The fraction of sp³-hybridized carbons (Fsp3) is 0.154. The SMILES string of the molecule is NCCc1nnc(-c2ccc3ncccc3c2)o1. The molecule has 0 unspecified atom stereocenters. The molecule has 18 heavy (non-hydrogen) atoms. The van der Waals surface area contributed by atoms with Crippen LogP contribution in [0.3, 0.4) is 0 Å². The van der Waals surface area contributed by atoms with Gasteiger partial charge in [-0.25, -0.2) is 0 Å². The quantitative estimate of drug-likeness (QED) is 0.755. The lowest BCUT2D eigenvalue weighted by Gasteiger charge is -1.98. The van der Waals surface area contributed by atoms with Crippen molar-refractivity contribution in [3.8, 4) is 11.5 Å². The van der Waals surface area contributed by atoms with Crippen molar-refractivity contribution < 1.29 is 4.42 Å². The molecule has 5 heteroatoms. The first kappa shape index (κ1) is 10.9. The average Bonchev–Trinajstić information content (AvgIpc) is 2.87. The zero-order chi connectivity index (χ0) is 12.4. The van der Waals surface area contributed by atoms with Gasteiger partial charge in [-0.15, -0.1) is 10.2 Å². The lowest BCUT2D eigenvalue weighted by Crippen LogP contribution is -2.02. The van der Waals surface area contributed by atoms with E-state index in [9.17, 15) is 0 Å². The van der Waals surface area contributed by atoms with Gasteiger partial charge in [0.1, 0.15) is 0 Å². The molecule has 0 atom stereocenters. The number of fused-ring (bicyclic) bond motifs is 1. The highest BCUT2D eigenvalue weighted by Crippen LogP contribution is 2.22. The van der Waals surface area contributed by atoms with Gasteiger partial charge in [-0.3, -0.25) is 4.98 Å². The number of pyridine rings is 1. The van der Waals surface area contributed by atoms with Crippen LogP contribution in [0.4, 0.5) is 0 Å². The summed E-state index contributed by atoms with van der Waals surface area (Å²) in [6.45, 7) is 0.503. The second kappa shape index (κ2) is 4.54. The maximum Gasteiger partial charge on any atom is 0.247 e. The highest BCUT2D eigenvalue weighted by Gasteiger charge is 2.08. The van der Waals surface area contributed by atoms with Gasteiger partial charge in [0.15, 0.2) is 0 Å². The van der Waals surface area contributed by atoms with Crippen LogP contribution in [0.2, 0.25) is 0 Å². The number of hydrogen-bond donors (Lipinski definition) is 1. The van der Waals surface area contributed by atoms with Crippen LogP contribution in [-0.2, 0) is 6.42 Å². The Morgan fingerprint density at radius 2 is 2.11 bits per heavy atom. The Hall–Kier alpha value is -2.27. The molecular weight excluding hydrogens is 228 g/mol. The average molecular weight is 240 g/mol. The van der Waals surface area contributed by atoms with E-state index < -0.39 is 0 Å². The van der Waals surface area contributed by atoms with Crippen LogP contribution >= 0.6 is 0 Å².